The average Bonchev–Trinajstić information content (AvgIpc) is 2.84. The fourth-order valence-electron chi connectivity index (χ4n) is 2.08. The van der Waals surface area contributed by atoms with Crippen LogP contribution in [-0.2, 0) is 4.74 Å². The van der Waals surface area contributed by atoms with Crippen LogP contribution < -0.4 is 5.32 Å². The number of carbonyl (C=O) groups is 2. The molecule has 0 spiro atoms. The van der Waals surface area contributed by atoms with Crippen LogP contribution in [0.25, 0.3) is 0 Å². The molecular weight excluding hydrogens is 280 g/mol. The van der Waals surface area contributed by atoms with Gasteiger partial charge < -0.3 is 10.1 Å². The van der Waals surface area contributed by atoms with Crippen LogP contribution in [0.2, 0.25) is 5.02 Å². The maximum atomic E-state index is 12.1. The van der Waals surface area contributed by atoms with Crippen molar-refractivity contribution < 1.29 is 14.3 Å². The highest BCUT2D eigenvalue weighted by atomic mass is 35.5. The molecule has 1 aliphatic heterocycles. The third kappa shape index (κ3) is 3.04. The number of carbonyl (C=O) groups excluding carboxylic acids is 2. The van der Waals surface area contributed by atoms with Gasteiger partial charge >= 0.3 is 6.09 Å². The van der Waals surface area contributed by atoms with Gasteiger partial charge in [0.15, 0.2) is 0 Å². The van der Waals surface area contributed by atoms with Crippen LogP contribution in [0.4, 0.5) is 4.79 Å². The largest absolute Gasteiger partial charge is 0.448 e. The predicted octanol–water partition coefficient (Wildman–Crippen LogP) is 2.30. The molecule has 0 unspecified atom stereocenters. The van der Waals surface area contributed by atoms with Crippen LogP contribution in [0.5, 0.6) is 0 Å². The van der Waals surface area contributed by atoms with Gasteiger partial charge in [-0.15, -0.1) is 0 Å². The molecule has 1 saturated heterocycles. The van der Waals surface area contributed by atoms with Crippen LogP contribution in [0.3, 0.4) is 0 Å². The molecular formula is C14H17ClN2O3. The lowest BCUT2D eigenvalue weighted by Crippen LogP contribution is -2.52. The third-order valence-corrected chi connectivity index (χ3v) is 3.62. The fourth-order valence-corrected chi connectivity index (χ4v) is 2.30. The minimum atomic E-state index is -0.509. The van der Waals surface area contributed by atoms with Crippen molar-refractivity contribution in [2.24, 2.45) is 0 Å². The van der Waals surface area contributed by atoms with E-state index in [4.69, 9.17) is 16.3 Å². The van der Waals surface area contributed by atoms with E-state index in [-0.39, 0.29) is 12.0 Å². The molecule has 5 nitrogen and oxygen atoms in total. The first-order valence-corrected chi connectivity index (χ1v) is 6.77. The summed E-state index contributed by atoms with van der Waals surface area (Å²) in [5.41, 5.74) is -0.0845. The Balaban J connectivity index is 1.99. The minimum Gasteiger partial charge on any atom is -0.448 e. The second kappa shape index (κ2) is 5.71. The second-order valence-electron chi connectivity index (χ2n) is 5.24. The van der Waals surface area contributed by atoms with Gasteiger partial charge in [-0.3, -0.25) is 9.69 Å². The van der Waals surface area contributed by atoms with Gasteiger partial charge in [-0.25, -0.2) is 4.79 Å². The third-order valence-electron chi connectivity index (χ3n) is 3.29. The first-order valence-electron chi connectivity index (χ1n) is 6.39. The van der Waals surface area contributed by atoms with Gasteiger partial charge in [0.25, 0.3) is 5.91 Å². The highest BCUT2D eigenvalue weighted by molar-refractivity contribution is 6.33. The number of halogens is 1. The molecule has 1 aliphatic rings. The maximum Gasteiger partial charge on any atom is 0.410 e. The van der Waals surface area contributed by atoms with Gasteiger partial charge in [0.2, 0.25) is 0 Å². The molecule has 1 aromatic carbocycles. The number of nitrogens with zero attached hydrogens (tertiary/aromatic N) is 1. The van der Waals surface area contributed by atoms with Crippen molar-refractivity contribution in [2.75, 3.05) is 19.7 Å². The lowest BCUT2D eigenvalue weighted by atomic mass is 10.0. The van der Waals surface area contributed by atoms with E-state index in [9.17, 15) is 9.59 Å². The molecule has 108 valence electrons. The molecule has 2 amide bonds. The Morgan fingerprint density at radius 2 is 2.15 bits per heavy atom. The zero-order valence-corrected chi connectivity index (χ0v) is 12.2. The van der Waals surface area contributed by atoms with E-state index in [2.05, 4.69) is 5.32 Å². The van der Waals surface area contributed by atoms with Crippen molar-refractivity contribution >= 4 is 23.6 Å². The molecule has 2 rings (SSSR count). The molecule has 1 fully saturated rings. The summed E-state index contributed by atoms with van der Waals surface area (Å²) in [6.45, 7) is 5.01. The molecule has 0 radical (unpaired) electrons. The zero-order valence-electron chi connectivity index (χ0n) is 11.5. The summed E-state index contributed by atoms with van der Waals surface area (Å²) in [5, 5.41) is 3.21. The summed E-state index contributed by atoms with van der Waals surface area (Å²) < 4.78 is 4.92. The molecule has 0 saturated carbocycles. The molecule has 6 heteroatoms. The smallest absolute Gasteiger partial charge is 0.410 e. The highest BCUT2D eigenvalue weighted by Crippen LogP contribution is 2.19. The molecule has 1 N–H and O–H groups in total. The molecule has 1 heterocycles. The molecule has 0 aromatic heterocycles. The molecule has 20 heavy (non-hydrogen) atoms. The van der Waals surface area contributed by atoms with Crippen molar-refractivity contribution in [2.45, 2.75) is 19.4 Å². The number of cyclic esters (lactones) is 1. The van der Waals surface area contributed by atoms with Crippen LogP contribution in [0.1, 0.15) is 24.2 Å². The summed E-state index contributed by atoms with van der Waals surface area (Å²) in [6.07, 6.45) is -0.345. The van der Waals surface area contributed by atoms with Crippen LogP contribution in [0, 0.1) is 0 Å². The lowest BCUT2D eigenvalue weighted by Gasteiger charge is -2.33. The Kier molecular flexibility index (Phi) is 4.18. The van der Waals surface area contributed by atoms with E-state index in [1.165, 1.54) is 0 Å². The van der Waals surface area contributed by atoms with Gasteiger partial charge in [0.05, 0.1) is 22.7 Å². The molecule has 0 atom stereocenters. The molecule has 1 aromatic rings. The number of amides is 2. The second-order valence-corrected chi connectivity index (χ2v) is 5.65. The molecule has 0 bridgehead atoms. The summed E-state index contributed by atoms with van der Waals surface area (Å²) >= 11 is 5.97. The van der Waals surface area contributed by atoms with Crippen molar-refractivity contribution in [3.05, 3.63) is 34.9 Å². The summed E-state index contributed by atoms with van der Waals surface area (Å²) in [6, 6.07) is 6.85. The Morgan fingerprint density at radius 1 is 1.45 bits per heavy atom. The van der Waals surface area contributed by atoms with Crippen molar-refractivity contribution in [3.8, 4) is 0 Å². The predicted molar refractivity (Wildman–Crippen MR) is 75.9 cm³/mol. The summed E-state index contributed by atoms with van der Waals surface area (Å²) in [7, 11) is 0. The number of ether oxygens (including phenoxy) is 1. The van der Waals surface area contributed by atoms with E-state index in [0.29, 0.717) is 30.3 Å². The summed E-state index contributed by atoms with van der Waals surface area (Å²) in [5.74, 6) is -0.253. The van der Waals surface area contributed by atoms with E-state index in [1.807, 2.05) is 13.8 Å². The Morgan fingerprint density at radius 3 is 2.75 bits per heavy atom. The van der Waals surface area contributed by atoms with Gasteiger partial charge in [-0.2, -0.15) is 0 Å². The van der Waals surface area contributed by atoms with E-state index < -0.39 is 5.54 Å². The highest BCUT2D eigenvalue weighted by Gasteiger charge is 2.35. The maximum absolute atomic E-state index is 12.1. The van der Waals surface area contributed by atoms with Gasteiger partial charge in [0.1, 0.15) is 6.61 Å². The van der Waals surface area contributed by atoms with Gasteiger partial charge in [-0.05, 0) is 26.0 Å². The number of nitrogens with one attached hydrogen (secondary N) is 1. The fraction of sp³-hybridized carbons (Fsp3) is 0.429. The minimum absolute atomic E-state index is 0.253. The topological polar surface area (TPSA) is 58.6 Å². The van der Waals surface area contributed by atoms with Crippen LogP contribution in [-0.4, -0.2) is 42.1 Å². The van der Waals surface area contributed by atoms with E-state index in [0.717, 1.165) is 0 Å². The average molecular weight is 297 g/mol. The van der Waals surface area contributed by atoms with Crippen molar-refractivity contribution in [3.63, 3.8) is 0 Å². The number of benzene rings is 1. The first-order chi connectivity index (χ1) is 9.42. The summed E-state index contributed by atoms with van der Waals surface area (Å²) in [4.78, 5) is 25.2. The van der Waals surface area contributed by atoms with E-state index in [1.54, 1.807) is 29.2 Å². The van der Waals surface area contributed by atoms with Crippen LogP contribution >= 0.6 is 11.6 Å². The first kappa shape index (κ1) is 14.7. The Bertz CT molecular complexity index is 531. The van der Waals surface area contributed by atoms with Gasteiger partial charge in [-0.1, -0.05) is 23.7 Å². The number of hydrogen-bond acceptors (Lipinski definition) is 3. The van der Waals surface area contributed by atoms with Crippen LogP contribution in [0.15, 0.2) is 24.3 Å². The molecule has 0 aliphatic carbocycles. The number of rotatable bonds is 4. The Hall–Kier alpha value is -1.75. The number of hydrogen-bond donors (Lipinski definition) is 1. The standard InChI is InChI=1S/C14H17ClN2O3/c1-14(2,17-7-8-20-13(17)19)9-16-12(18)10-5-3-4-6-11(10)15/h3-6H,7-9H2,1-2H3,(H,16,18). The van der Waals surface area contributed by atoms with Crippen molar-refractivity contribution in [1.29, 1.82) is 0 Å². The monoisotopic (exact) mass is 296 g/mol. The van der Waals surface area contributed by atoms with Crippen molar-refractivity contribution in [1.82, 2.24) is 10.2 Å². The van der Waals surface area contributed by atoms with Gasteiger partial charge in [0, 0.05) is 6.54 Å². The zero-order chi connectivity index (χ0) is 14.8. The normalized spacial score (nSPS) is 15.2. The SMILES string of the molecule is CC(C)(CNC(=O)c1ccccc1Cl)N1CCOC1=O. The lowest BCUT2D eigenvalue weighted by molar-refractivity contribution is 0.0903. The van der Waals surface area contributed by atoms with E-state index >= 15 is 0 Å². The Labute approximate surface area is 122 Å². The quantitative estimate of drug-likeness (QED) is 0.927.